The second-order valence-electron chi connectivity index (χ2n) is 4.71. The van der Waals surface area contributed by atoms with Crippen LogP contribution in [0, 0.1) is 5.82 Å². The number of rotatable bonds is 4. The third-order valence-electron chi connectivity index (χ3n) is 3.18. The van der Waals surface area contributed by atoms with Gasteiger partial charge < -0.3 is 5.32 Å². The average molecular weight is 286 g/mol. The molecule has 0 aliphatic rings. The van der Waals surface area contributed by atoms with Crippen molar-refractivity contribution in [1.82, 2.24) is 10.3 Å². The van der Waals surface area contributed by atoms with Crippen molar-refractivity contribution in [3.63, 3.8) is 0 Å². The van der Waals surface area contributed by atoms with E-state index in [9.17, 15) is 4.39 Å². The van der Waals surface area contributed by atoms with Crippen LogP contribution in [0.4, 0.5) is 4.39 Å². The van der Waals surface area contributed by atoms with Gasteiger partial charge in [0, 0.05) is 18.5 Å². The maximum absolute atomic E-state index is 13.9. The Bertz CT molecular complexity index is 703. The van der Waals surface area contributed by atoms with Gasteiger partial charge in [0.05, 0.1) is 15.2 Å². The van der Waals surface area contributed by atoms with Crippen LogP contribution in [0.3, 0.4) is 0 Å². The zero-order chi connectivity index (χ0) is 13.9. The molecule has 4 heteroatoms. The highest BCUT2D eigenvalue weighted by Gasteiger charge is 2.07. The first-order valence-electron chi connectivity index (χ1n) is 6.52. The molecular weight excluding hydrogens is 271 g/mol. The van der Waals surface area contributed by atoms with Gasteiger partial charge in [-0.1, -0.05) is 24.3 Å². The highest BCUT2D eigenvalue weighted by Crippen LogP contribution is 2.24. The minimum atomic E-state index is -0.155. The third kappa shape index (κ3) is 2.71. The number of hydrogen-bond acceptors (Lipinski definition) is 3. The summed E-state index contributed by atoms with van der Waals surface area (Å²) in [4.78, 5) is 4.58. The first-order valence-corrected chi connectivity index (χ1v) is 7.34. The Kier molecular flexibility index (Phi) is 3.76. The lowest BCUT2D eigenvalue weighted by Gasteiger charge is -2.04. The molecule has 0 radical (unpaired) electrons. The van der Waals surface area contributed by atoms with Gasteiger partial charge in [-0.3, -0.25) is 0 Å². The van der Waals surface area contributed by atoms with Crippen molar-refractivity contribution in [3.05, 3.63) is 64.4 Å². The fourth-order valence-corrected chi connectivity index (χ4v) is 3.21. The number of nitrogens with zero attached hydrogens (tertiary/aromatic N) is 1. The second kappa shape index (κ2) is 5.69. The van der Waals surface area contributed by atoms with Crippen LogP contribution in [0.25, 0.3) is 10.2 Å². The van der Waals surface area contributed by atoms with Crippen LogP contribution in [-0.2, 0) is 13.0 Å². The minimum Gasteiger partial charge on any atom is -0.316 e. The summed E-state index contributed by atoms with van der Waals surface area (Å²) in [5.74, 6) is -0.155. The molecule has 0 spiro atoms. The van der Waals surface area contributed by atoms with Crippen molar-refractivity contribution in [1.29, 1.82) is 0 Å². The van der Waals surface area contributed by atoms with Crippen molar-refractivity contribution in [2.45, 2.75) is 13.0 Å². The van der Waals surface area contributed by atoms with Gasteiger partial charge >= 0.3 is 0 Å². The summed E-state index contributed by atoms with van der Waals surface area (Å²) in [6, 6.07) is 13.5. The number of benzene rings is 2. The molecule has 2 aromatic carbocycles. The van der Waals surface area contributed by atoms with E-state index >= 15 is 0 Å². The van der Waals surface area contributed by atoms with E-state index in [1.807, 2.05) is 37.4 Å². The first kappa shape index (κ1) is 13.2. The molecule has 0 aliphatic heterocycles. The molecular formula is C16H15FN2S. The summed E-state index contributed by atoms with van der Waals surface area (Å²) in [7, 11) is 1.81. The van der Waals surface area contributed by atoms with Crippen LogP contribution in [0.2, 0.25) is 0 Å². The Labute approximate surface area is 121 Å². The van der Waals surface area contributed by atoms with Crippen LogP contribution >= 0.6 is 11.3 Å². The number of nitrogens with one attached hydrogen (secondary N) is 1. The van der Waals surface area contributed by atoms with Crippen LogP contribution < -0.4 is 5.32 Å². The topological polar surface area (TPSA) is 24.9 Å². The van der Waals surface area contributed by atoms with Crippen LogP contribution in [0.5, 0.6) is 0 Å². The molecule has 102 valence electrons. The lowest BCUT2D eigenvalue weighted by Crippen LogP contribution is -2.07. The Morgan fingerprint density at radius 3 is 2.80 bits per heavy atom. The van der Waals surface area contributed by atoms with Crippen molar-refractivity contribution in [2.75, 3.05) is 7.05 Å². The molecule has 0 unspecified atom stereocenters. The molecule has 3 rings (SSSR count). The highest BCUT2D eigenvalue weighted by atomic mass is 32.1. The number of para-hydroxylation sites is 1. The summed E-state index contributed by atoms with van der Waals surface area (Å²) in [5, 5.41) is 3.98. The molecule has 1 heterocycles. The lowest BCUT2D eigenvalue weighted by atomic mass is 10.1. The SMILES string of the molecule is CNCc1ccc(Cc2nc3ccccc3s2)cc1F. The Hall–Kier alpha value is -1.78. The zero-order valence-electron chi connectivity index (χ0n) is 11.2. The van der Waals surface area contributed by atoms with Crippen molar-refractivity contribution in [2.24, 2.45) is 0 Å². The largest absolute Gasteiger partial charge is 0.316 e. The van der Waals surface area contributed by atoms with E-state index in [0.29, 0.717) is 18.5 Å². The number of fused-ring (bicyclic) bond motifs is 1. The van der Waals surface area contributed by atoms with Crippen molar-refractivity contribution in [3.8, 4) is 0 Å². The molecule has 0 saturated heterocycles. The fourth-order valence-electron chi connectivity index (χ4n) is 2.20. The quantitative estimate of drug-likeness (QED) is 0.790. The lowest BCUT2D eigenvalue weighted by molar-refractivity contribution is 0.599. The van der Waals surface area contributed by atoms with Crippen molar-refractivity contribution < 1.29 is 4.39 Å². The first-order chi connectivity index (χ1) is 9.76. The minimum absolute atomic E-state index is 0.155. The molecule has 0 fully saturated rings. The van der Waals surface area contributed by atoms with E-state index in [4.69, 9.17) is 0 Å². The van der Waals surface area contributed by atoms with E-state index < -0.39 is 0 Å². The summed E-state index contributed by atoms with van der Waals surface area (Å²) < 4.78 is 15.1. The predicted octanol–water partition coefficient (Wildman–Crippen LogP) is 3.75. The smallest absolute Gasteiger partial charge is 0.127 e. The maximum Gasteiger partial charge on any atom is 0.127 e. The van der Waals surface area contributed by atoms with Gasteiger partial charge in [0.15, 0.2) is 0 Å². The van der Waals surface area contributed by atoms with E-state index in [-0.39, 0.29) is 5.82 Å². The predicted molar refractivity (Wildman–Crippen MR) is 81.6 cm³/mol. The van der Waals surface area contributed by atoms with Crippen LogP contribution in [0.15, 0.2) is 42.5 Å². The molecule has 20 heavy (non-hydrogen) atoms. The Morgan fingerprint density at radius 2 is 2.05 bits per heavy atom. The van der Waals surface area contributed by atoms with Crippen LogP contribution in [0.1, 0.15) is 16.1 Å². The standard InChI is InChI=1S/C16H15FN2S/c1-18-10-12-7-6-11(8-13(12)17)9-16-19-14-4-2-3-5-15(14)20-16/h2-8,18H,9-10H2,1H3. The molecule has 1 N–H and O–H groups in total. The zero-order valence-corrected chi connectivity index (χ0v) is 12.0. The van der Waals surface area contributed by atoms with E-state index in [2.05, 4.69) is 16.4 Å². The number of aromatic nitrogens is 1. The fraction of sp³-hybridized carbons (Fsp3) is 0.188. The second-order valence-corrected chi connectivity index (χ2v) is 5.82. The van der Waals surface area contributed by atoms with Crippen molar-refractivity contribution >= 4 is 21.6 Å². The molecule has 0 aliphatic carbocycles. The Balaban J connectivity index is 1.85. The van der Waals surface area contributed by atoms with E-state index in [0.717, 1.165) is 16.1 Å². The van der Waals surface area contributed by atoms with E-state index in [1.54, 1.807) is 17.4 Å². The summed E-state index contributed by atoms with van der Waals surface area (Å²) in [6.07, 6.45) is 0.677. The molecule has 1 aromatic heterocycles. The van der Waals surface area contributed by atoms with Gasteiger partial charge in [-0.05, 0) is 30.8 Å². The van der Waals surface area contributed by atoms with Gasteiger partial charge in [-0.2, -0.15) is 0 Å². The van der Waals surface area contributed by atoms with E-state index in [1.165, 1.54) is 4.70 Å². The van der Waals surface area contributed by atoms with Gasteiger partial charge in [0.25, 0.3) is 0 Å². The molecule has 0 atom stereocenters. The molecule has 0 saturated carbocycles. The number of thiazole rings is 1. The number of halogens is 1. The van der Waals surface area contributed by atoms with Crippen LogP contribution in [-0.4, -0.2) is 12.0 Å². The summed E-state index contributed by atoms with van der Waals surface area (Å²) >= 11 is 1.67. The molecule has 0 amide bonds. The van der Waals surface area contributed by atoms with Gasteiger partial charge in [-0.25, -0.2) is 9.37 Å². The third-order valence-corrected chi connectivity index (χ3v) is 4.21. The highest BCUT2D eigenvalue weighted by molar-refractivity contribution is 7.18. The molecule has 0 bridgehead atoms. The monoisotopic (exact) mass is 286 g/mol. The number of hydrogen-bond donors (Lipinski definition) is 1. The summed E-state index contributed by atoms with van der Waals surface area (Å²) in [5.41, 5.74) is 2.67. The average Bonchev–Trinajstić information content (AvgIpc) is 2.84. The Morgan fingerprint density at radius 1 is 1.20 bits per heavy atom. The normalized spacial score (nSPS) is 11.1. The maximum atomic E-state index is 13.9. The summed E-state index contributed by atoms with van der Waals surface area (Å²) in [6.45, 7) is 0.549. The van der Waals surface area contributed by atoms with Gasteiger partial charge in [0.1, 0.15) is 5.82 Å². The molecule has 2 nitrogen and oxygen atoms in total. The van der Waals surface area contributed by atoms with Gasteiger partial charge in [0.2, 0.25) is 0 Å². The molecule has 3 aromatic rings. The van der Waals surface area contributed by atoms with Gasteiger partial charge in [-0.15, -0.1) is 11.3 Å².